The predicted octanol–water partition coefficient (Wildman–Crippen LogP) is 2.63. The number of rotatable bonds is 2. The number of hydrogen-bond acceptors (Lipinski definition) is 3. The minimum absolute atomic E-state index is 0.605. The molecule has 1 aromatic carbocycles. The first-order valence-electron chi connectivity index (χ1n) is 3.36. The molecule has 3 nitrogen and oxygen atoms in total. The topological polar surface area (TPSA) is 44.3 Å². The van der Waals surface area contributed by atoms with Gasteiger partial charge in [-0.3, -0.25) is 0 Å². The third kappa shape index (κ3) is 2.77. The highest BCUT2D eigenvalue weighted by atomic mass is 19.4. The molecule has 0 aromatic heterocycles. The smallest absolute Gasteiger partial charge is 0.573 e. The van der Waals surface area contributed by atoms with Gasteiger partial charge in [-0.25, -0.2) is 4.39 Å². The summed E-state index contributed by atoms with van der Waals surface area (Å²) in [4.78, 5) is 0. The summed E-state index contributed by atoms with van der Waals surface area (Å²) < 4.78 is 51.0. The monoisotopic (exact) mass is 210 g/mol. The van der Waals surface area contributed by atoms with Crippen molar-refractivity contribution in [2.24, 2.45) is 0 Å². The van der Waals surface area contributed by atoms with Gasteiger partial charge in [0.15, 0.2) is 5.75 Å². The van der Waals surface area contributed by atoms with Gasteiger partial charge in [0.25, 0.3) is 0 Å². The molecule has 0 saturated carbocycles. The van der Waals surface area contributed by atoms with E-state index in [0.29, 0.717) is 12.1 Å². The van der Waals surface area contributed by atoms with Gasteiger partial charge >= 0.3 is 6.36 Å². The summed E-state index contributed by atoms with van der Waals surface area (Å²) in [6, 6.07) is 2.07. The Hall–Kier alpha value is -1.50. The molecule has 0 atom stereocenters. The zero-order valence-corrected chi connectivity index (χ0v) is 6.56. The summed E-state index contributed by atoms with van der Waals surface area (Å²) in [7, 11) is 0. The van der Waals surface area contributed by atoms with Crippen molar-refractivity contribution < 1.29 is 22.3 Å². The number of ether oxygens (including phenoxy) is 1. The molecule has 1 N–H and O–H groups in total. The third-order valence-electron chi connectivity index (χ3n) is 1.28. The molecule has 0 amide bonds. The molecule has 78 valence electrons. The van der Waals surface area contributed by atoms with Gasteiger partial charge in [0.05, 0.1) is 5.69 Å². The standard InChI is InChI=1S/C7H4F4NO2/c8-4-1-2-6(5(3-4)12-13)14-7(9,10)11/h1-3,12H/q-1. The van der Waals surface area contributed by atoms with Crippen molar-refractivity contribution in [3.05, 3.63) is 29.2 Å². The Bertz CT molecular complexity index is 326. The molecule has 0 unspecified atom stereocenters. The van der Waals surface area contributed by atoms with E-state index in [2.05, 4.69) is 4.74 Å². The molecule has 0 heterocycles. The first-order chi connectivity index (χ1) is 6.42. The number of halogens is 4. The summed E-state index contributed by atoms with van der Waals surface area (Å²) in [5.74, 6) is -1.60. The highest BCUT2D eigenvalue weighted by Gasteiger charge is 2.31. The molecular weight excluding hydrogens is 206 g/mol. The van der Waals surface area contributed by atoms with Crippen molar-refractivity contribution in [1.29, 1.82) is 0 Å². The molecule has 0 fully saturated rings. The summed E-state index contributed by atoms with van der Waals surface area (Å²) in [6.45, 7) is 0. The second kappa shape index (κ2) is 3.70. The Morgan fingerprint density at radius 2 is 1.93 bits per heavy atom. The molecule has 14 heavy (non-hydrogen) atoms. The first kappa shape index (κ1) is 10.6. The summed E-state index contributed by atoms with van der Waals surface area (Å²) in [6.07, 6.45) is -4.91. The van der Waals surface area contributed by atoms with Crippen LogP contribution in [0.4, 0.5) is 23.2 Å². The van der Waals surface area contributed by atoms with Crippen LogP contribution in [-0.2, 0) is 0 Å². The van der Waals surface area contributed by atoms with Gasteiger partial charge in [0, 0.05) is 0 Å². The van der Waals surface area contributed by atoms with Crippen molar-refractivity contribution in [2.45, 2.75) is 6.36 Å². The van der Waals surface area contributed by atoms with Gasteiger partial charge in [-0.1, -0.05) is 0 Å². The summed E-state index contributed by atoms with van der Waals surface area (Å²) in [5, 5.41) is 10.1. The van der Waals surface area contributed by atoms with E-state index in [1.54, 1.807) is 0 Å². The maximum absolute atomic E-state index is 12.5. The average Bonchev–Trinajstić information content (AvgIpc) is 2.06. The molecule has 0 bridgehead atoms. The van der Waals surface area contributed by atoms with Gasteiger partial charge in [-0.15, -0.1) is 13.2 Å². The van der Waals surface area contributed by atoms with Crippen LogP contribution in [0.1, 0.15) is 0 Å². The van der Waals surface area contributed by atoms with Crippen LogP contribution in [0.15, 0.2) is 18.2 Å². The van der Waals surface area contributed by atoms with Crippen LogP contribution in [0, 0.1) is 11.0 Å². The van der Waals surface area contributed by atoms with E-state index < -0.39 is 23.6 Å². The lowest BCUT2D eigenvalue weighted by Crippen LogP contribution is -2.17. The number of alkyl halides is 3. The van der Waals surface area contributed by atoms with Crippen LogP contribution < -0.4 is 10.2 Å². The van der Waals surface area contributed by atoms with Gasteiger partial charge in [-0.05, 0) is 18.2 Å². The Balaban J connectivity index is 2.97. The molecule has 0 aliphatic rings. The van der Waals surface area contributed by atoms with E-state index in [4.69, 9.17) is 0 Å². The van der Waals surface area contributed by atoms with Crippen LogP contribution in [-0.4, -0.2) is 6.36 Å². The highest BCUT2D eigenvalue weighted by molar-refractivity contribution is 5.56. The number of anilines is 1. The fourth-order valence-corrected chi connectivity index (χ4v) is 0.796. The van der Waals surface area contributed by atoms with Crippen LogP contribution in [0.5, 0.6) is 5.75 Å². The van der Waals surface area contributed by atoms with E-state index >= 15 is 0 Å². The predicted molar refractivity (Wildman–Crippen MR) is 40.1 cm³/mol. The molecule has 1 aromatic rings. The summed E-state index contributed by atoms with van der Waals surface area (Å²) in [5.41, 5.74) is 0.535. The van der Waals surface area contributed by atoms with Gasteiger partial charge in [0.1, 0.15) is 5.82 Å². The van der Waals surface area contributed by atoms with Crippen LogP contribution in [0.3, 0.4) is 0 Å². The minimum atomic E-state index is -4.91. The second-order valence-electron chi connectivity index (χ2n) is 2.29. The molecule has 0 spiro atoms. The zero-order chi connectivity index (χ0) is 10.8. The largest absolute Gasteiger partial charge is 0.761 e. The highest BCUT2D eigenvalue weighted by Crippen LogP contribution is 2.30. The van der Waals surface area contributed by atoms with Crippen molar-refractivity contribution in [3.63, 3.8) is 0 Å². The lowest BCUT2D eigenvalue weighted by Gasteiger charge is -2.16. The van der Waals surface area contributed by atoms with Gasteiger partial charge in [0.2, 0.25) is 0 Å². The van der Waals surface area contributed by atoms with Crippen LogP contribution in [0.25, 0.3) is 0 Å². The molecule has 0 aliphatic heterocycles. The van der Waals surface area contributed by atoms with E-state index in [1.807, 2.05) is 0 Å². The Kier molecular flexibility index (Phi) is 2.80. The zero-order valence-electron chi connectivity index (χ0n) is 6.56. The van der Waals surface area contributed by atoms with Gasteiger partial charge in [-0.2, -0.15) is 0 Å². The van der Waals surface area contributed by atoms with Crippen LogP contribution >= 0.6 is 0 Å². The quantitative estimate of drug-likeness (QED) is 0.602. The first-order valence-corrected chi connectivity index (χ1v) is 3.36. The Morgan fingerprint density at radius 3 is 2.43 bits per heavy atom. The second-order valence-corrected chi connectivity index (χ2v) is 2.29. The van der Waals surface area contributed by atoms with E-state index in [0.717, 1.165) is 11.5 Å². The SMILES string of the molecule is [O-]Nc1cc(F)ccc1OC(F)(F)F. The van der Waals surface area contributed by atoms with Crippen molar-refractivity contribution in [3.8, 4) is 5.75 Å². The summed E-state index contributed by atoms with van der Waals surface area (Å²) >= 11 is 0. The fourth-order valence-electron chi connectivity index (χ4n) is 0.796. The normalized spacial score (nSPS) is 11.2. The lowest BCUT2D eigenvalue weighted by atomic mass is 10.3. The van der Waals surface area contributed by atoms with E-state index in [9.17, 15) is 22.8 Å². The van der Waals surface area contributed by atoms with Crippen molar-refractivity contribution >= 4 is 5.69 Å². The van der Waals surface area contributed by atoms with Crippen LogP contribution in [0.2, 0.25) is 0 Å². The number of nitrogens with one attached hydrogen (secondary N) is 1. The Labute approximate surface area is 75.9 Å². The number of benzene rings is 1. The fraction of sp³-hybridized carbons (Fsp3) is 0.143. The molecular formula is C7H4F4NO2-. The third-order valence-corrected chi connectivity index (χ3v) is 1.28. The maximum atomic E-state index is 12.5. The minimum Gasteiger partial charge on any atom is -0.761 e. The number of hydrogen-bond donors (Lipinski definition) is 1. The molecule has 1 rings (SSSR count). The molecule has 7 heteroatoms. The van der Waals surface area contributed by atoms with Crippen molar-refractivity contribution in [2.75, 3.05) is 5.48 Å². The maximum Gasteiger partial charge on any atom is 0.573 e. The molecule has 0 aliphatic carbocycles. The molecule has 0 radical (unpaired) electrons. The Morgan fingerprint density at radius 1 is 1.29 bits per heavy atom. The van der Waals surface area contributed by atoms with Gasteiger partial charge < -0.3 is 15.4 Å². The lowest BCUT2D eigenvalue weighted by molar-refractivity contribution is -0.274. The molecule has 0 saturated heterocycles. The average molecular weight is 210 g/mol. The van der Waals surface area contributed by atoms with Crippen molar-refractivity contribution in [1.82, 2.24) is 0 Å². The van der Waals surface area contributed by atoms with E-state index in [1.165, 1.54) is 0 Å². The van der Waals surface area contributed by atoms with E-state index in [-0.39, 0.29) is 0 Å².